The highest BCUT2D eigenvalue weighted by atomic mass is 16.5. The molecule has 0 radical (unpaired) electrons. The van der Waals surface area contributed by atoms with E-state index >= 15 is 0 Å². The molecular formula is C13H24N2O2. The minimum Gasteiger partial charge on any atom is -0.374 e. The molecule has 1 amide bonds. The summed E-state index contributed by atoms with van der Waals surface area (Å²) < 4.78 is 5.76. The van der Waals surface area contributed by atoms with Crippen LogP contribution in [0.15, 0.2) is 0 Å². The fourth-order valence-electron chi connectivity index (χ4n) is 2.66. The molecule has 2 saturated heterocycles. The largest absolute Gasteiger partial charge is 0.374 e. The van der Waals surface area contributed by atoms with Gasteiger partial charge in [-0.25, -0.2) is 0 Å². The molecule has 4 heteroatoms. The predicted octanol–water partition coefficient (Wildman–Crippen LogP) is 1.15. The van der Waals surface area contributed by atoms with Gasteiger partial charge in [0, 0.05) is 32.1 Å². The van der Waals surface area contributed by atoms with Crippen molar-refractivity contribution >= 4 is 5.91 Å². The van der Waals surface area contributed by atoms with E-state index in [1.54, 1.807) is 0 Å². The normalized spacial score (nSPS) is 31.2. The summed E-state index contributed by atoms with van der Waals surface area (Å²) in [5.74, 6) is 0.310. The zero-order chi connectivity index (χ0) is 12.3. The summed E-state index contributed by atoms with van der Waals surface area (Å²) in [6, 6.07) is 0.358. The fraction of sp³-hybridized carbons (Fsp3) is 0.923. The lowest BCUT2D eigenvalue weighted by molar-refractivity contribution is -0.127. The average molecular weight is 240 g/mol. The van der Waals surface area contributed by atoms with Gasteiger partial charge in [-0.15, -0.1) is 0 Å². The molecule has 3 atom stereocenters. The van der Waals surface area contributed by atoms with Crippen molar-refractivity contribution in [2.75, 3.05) is 19.6 Å². The number of nitrogens with zero attached hydrogens (tertiary/aromatic N) is 1. The third-order valence-electron chi connectivity index (χ3n) is 3.68. The first-order valence-electron chi connectivity index (χ1n) is 6.82. The Morgan fingerprint density at radius 1 is 1.53 bits per heavy atom. The van der Waals surface area contributed by atoms with Crippen molar-refractivity contribution in [1.29, 1.82) is 0 Å². The van der Waals surface area contributed by atoms with Crippen molar-refractivity contribution in [1.82, 2.24) is 10.2 Å². The van der Waals surface area contributed by atoms with Crippen LogP contribution in [-0.2, 0) is 9.53 Å². The lowest BCUT2D eigenvalue weighted by Crippen LogP contribution is -2.42. The average Bonchev–Trinajstić information content (AvgIpc) is 2.86. The summed E-state index contributed by atoms with van der Waals surface area (Å²) in [7, 11) is 0. The first-order valence-corrected chi connectivity index (χ1v) is 6.82. The number of likely N-dealkylation sites (tertiary alicyclic amines) is 1. The Balaban J connectivity index is 1.63. The molecular weight excluding hydrogens is 216 g/mol. The molecule has 98 valence electrons. The summed E-state index contributed by atoms with van der Waals surface area (Å²) in [5.41, 5.74) is 0. The molecule has 2 rings (SSSR count). The SMILES string of the molecule is CC(CN1CCCC1=O)NCC1CCC(C)O1. The molecule has 0 aromatic rings. The van der Waals surface area contributed by atoms with Gasteiger partial charge in [-0.05, 0) is 33.1 Å². The molecule has 3 unspecified atom stereocenters. The molecule has 0 saturated carbocycles. The van der Waals surface area contributed by atoms with Crippen molar-refractivity contribution in [3.8, 4) is 0 Å². The monoisotopic (exact) mass is 240 g/mol. The van der Waals surface area contributed by atoms with E-state index in [2.05, 4.69) is 19.2 Å². The van der Waals surface area contributed by atoms with Gasteiger partial charge in [0.1, 0.15) is 0 Å². The second-order valence-electron chi connectivity index (χ2n) is 5.40. The Kier molecular flexibility index (Phi) is 4.40. The number of amides is 1. The number of nitrogens with one attached hydrogen (secondary N) is 1. The van der Waals surface area contributed by atoms with Gasteiger partial charge in [0.15, 0.2) is 0 Å². The van der Waals surface area contributed by atoms with E-state index in [1.807, 2.05) is 4.90 Å². The molecule has 4 nitrogen and oxygen atoms in total. The van der Waals surface area contributed by atoms with Crippen molar-refractivity contribution in [3.05, 3.63) is 0 Å². The van der Waals surface area contributed by atoms with E-state index in [4.69, 9.17) is 4.74 Å². The first kappa shape index (κ1) is 12.8. The van der Waals surface area contributed by atoms with E-state index in [1.165, 1.54) is 6.42 Å². The summed E-state index contributed by atoms with van der Waals surface area (Å²) >= 11 is 0. The maximum atomic E-state index is 11.5. The lowest BCUT2D eigenvalue weighted by Gasteiger charge is -2.23. The molecule has 0 aromatic heterocycles. The van der Waals surface area contributed by atoms with Crippen LogP contribution in [0.25, 0.3) is 0 Å². The van der Waals surface area contributed by atoms with Gasteiger partial charge in [-0.2, -0.15) is 0 Å². The second kappa shape index (κ2) is 5.83. The number of carbonyl (C=O) groups excluding carboxylic acids is 1. The van der Waals surface area contributed by atoms with Crippen molar-refractivity contribution in [2.24, 2.45) is 0 Å². The number of carbonyl (C=O) groups is 1. The highest BCUT2D eigenvalue weighted by Gasteiger charge is 2.24. The standard InChI is InChI=1S/C13H24N2O2/c1-10(9-15-7-3-4-13(15)16)14-8-12-6-5-11(2)17-12/h10-12,14H,3-9H2,1-2H3. The number of ether oxygens (including phenoxy) is 1. The fourth-order valence-corrected chi connectivity index (χ4v) is 2.66. The van der Waals surface area contributed by atoms with Crippen molar-refractivity contribution < 1.29 is 9.53 Å². The van der Waals surface area contributed by atoms with E-state index in [9.17, 15) is 4.79 Å². The highest BCUT2D eigenvalue weighted by molar-refractivity contribution is 5.78. The van der Waals surface area contributed by atoms with Crippen molar-refractivity contribution in [3.63, 3.8) is 0 Å². The number of hydrogen-bond acceptors (Lipinski definition) is 3. The van der Waals surface area contributed by atoms with E-state index in [0.717, 1.165) is 38.9 Å². The van der Waals surface area contributed by atoms with Gasteiger partial charge in [0.2, 0.25) is 5.91 Å². The molecule has 17 heavy (non-hydrogen) atoms. The van der Waals surface area contributed by atoms with Crippen LogP contribution in [0.2, 0.25) is 0 Å². The van der Waals surface area contributed by atoms with Crippen LogP contribution >= 0.6 is 0 Å². The van der Waals surface area contributed by atoms with Crippen LogP contribution in [0, 0.1) is 0 Å². The molecule has 0 aliphatic carbocycles. The van der Waals surface area contributed by atoms with Crippen LogP contribution in [-0.4, -0.2) is 48.7 Å². The number of hydrogen-bond donors (Lipinski definition) is 1. The molecule has 2 heterocycles. The highest BCUT2D eigenvalue weighted by Crippen LogP contribution is 2.18. The molecule has 1 N–H and O–H groups in total. The quantitative estimate of drug-likeness (QED) is 0.784. The molecule has 2 fully saturated rings. The van der Waals surface area contributed by atoms with Gasteiger partial charge in [0.05, 0.1) is 12.2 Å². The molecule has 2 aliphatic rings. The summed E-state index contributed by atoms with van der Waals surface area (Å²) in [5, 5.41) is 3.47. The zero-order valence-electron chi connectivity index (χ0n) is 10.9. The molecule has 0 spiro atoms. The second-order valence-corrected chi connectivity index (χ2v) is 5.40. The summed E-state index contributed by atoms with van der Waals surface area (Å²) in [4.78, 5) is 13.5. The minimum atomic E-state index is 0.310. The maximum absolute atomic E-state index is 11.5. The van der Waals surface area contributed by atoms with E-state index in [-0.39, 0.29) is 0 Å². The van der Waals surface area contributed by atoms with Gasteiger partial charge < -0.3 is 15.0 Å². The Morgan fingerprint density at radius 2 is 2.35 bits per heavy atom. The van der Waals surface area contributed by atoms with Gasteiger partial charge >= 0.3 is 0 Å². The third-order valence-corrected chi connectivity index (χ3v) is 3.68. The molecule has 2 aliphatic heterocycles. The summed E-state index contributed by atoms with van der Waals surface area (Å²) in [6.07, 6.45) is 4.86. The van der Waals surface area contributed by atoms with Gasteiger partial charge in [-0.3, -0.25) is 4.79 Å². The molecule has 0 bridgehead atoms. The van der Waals surface area contributed by atoms with Crippen LogP contribution in [0.3, 0.4) is 0 Å². The number of rotatable bonds is 5. The van der Waals surface area contributed by atoms with E-state index < -0.39 is 0 Å². The Labute approximate surface area is 104 Å². The van der Waals surface area contributed by atoms with Gasteiger partial charge in [0.25, 0.3) is 0 Å². The summed E-state index contributed by atoms with van der Waals surface area (Å²) in [6.45, 7) is 6.95. The third kappa shape index (κ3) is 3.68. The van der Waals surface area contributed by atoms with Crippen LogP contribution < -0.4 is 5.32 Å². The van der Waals surface area contributed by atoms with Crippen LogP contribution in [0.4, 0.5) is 0 Å². The van der Waals surface area contributed by atoms with Crippen LogP contribution in [0.5, 0.6) is 0 Å². The zero-order valence-corrected chi connectivity index (χ0v) is 10.9. The lowest BCUT2D eigenvalue weighted by atomic mass is 10.2. The Bertz CT molecular complexity index is 270. The van der Waals surface area contributed by atoms with E-state index in [0.29, 0.717) is 24.2 Å². The van der Waals surface area contributed by atoms with Gasteiger partial charge in [-0.1, -0.05) is 0 Å². The van der Waals surface area contributed by atoms with Crippen LogP contribution in [0.1, 0.15) is 39.5 Å². The smallest absolute Gasteiger partial charge is 0.222 e. The minimum absolute atomic E-state index is 0.310. The topological polar surface area (TPSA) is 41.6 Å². The first-order chi connectivity index (χ1) is 8.15. The maximum Gasteiger partial charge on any atom is 0.222 e. The Hall–Kier alpha value is -0.610. The molecule has 0 aromatic carbocycles. The Morgan fingerprint density at radius 3 is 2.94 bits per heavy atom. The van der Waals surface area contributed by atoms with Crippen molar-refractivity contribution in [2.45, 2.75) is 57.8 Å². The predicted molar refractivity (Wildman–Crippen MR) is 66.8 cm³/mol.